The van der Waals surface area contributed by atoms with Gasteiger partial charge in [-0.1, -0.05) is 42.8 Å². The van der Waals surface area contributed by atoms with Crippen LogP contribution in [0.3, 0.4) is 0 Å². The molecule has 4 aromatic rings. The second-order valence-corrected chi connectivity index (χ2v) is 9.40. The van der Waals surface area contributed by atoms with Crippen LogP contribution in [0.2, 0.25) is 0 Å². The van der Waals surface area contributed by atoms with E-state index < -0.39 is 6.10 Å². The number of nitrogens with one attached hydrogen (secondary N) is 1. The smallest absolute Gasteiger partial charge is 0.150 e. The van der Waals surface area contributed by atoms with Gasteiger partial charge in [0.1, 0.15) is 23.1 Å². The Morgan fingerprint density at radius 3 is 2.67 bits per heavy atom. The average molecular weight is 506 g/mol. The van der Waals surface area contributed by atoms with Crippen molar-refractivity contribution in [3.05, 3.63) is 89.7 Å². The molecular weight excluding hydrogens is 477 g/mol. The average Bonchev–Trinajstić information content (AvgIpc) is 2.89. The largest absolute Gasteiger partial charge is 0.508 e. The first-order valence-corrected chi connectivity index (χ1v) is 12.3. The molecule has 1 saturated heterocycles. The molecule has 2 atom stereocenters. The Balaban J connectivity index is 0.00000267. The second-order valence-electron chi connectivity index (χ2n) is 9.40. The molecule has 0 bridgehead atoms. The van der Waals surface area contributed by atoms with Crippen molar-refractivity contribution in [3.63, 3.8) is 0 Å². The Labute approximate surface area is 216 Å². The van der Waals surface area contributed by atoms with Crippen molar-refractivity contribution in [3.8, 4) is 28.4 Å². The van der Waals surface area contributed by atoms with Crippen LogP contribution in [0.25, 0.3) is 21.9 Å². The van der Waals surface area contributed by atoms with Gasteiger partial charge < -0.3 is 19.9 Å². The standard InChI is InChI=1S/C30H28FNO3.ClH/c31-26-5-3-6-27-29(26)25-13-9-20-18-22(33)10-14-24(20)28(25)30(35-27)19-7-11-23(12-8-19)34-17-15-21-4-1-2-16-32-21;/h3,5-14,18,21,30,32-33H,1-2,4,15-17H2;1H. The summed E-state index contributed by atoms with van der Waals surface area (Å²) in [6, 6.07) is 22.6. The first-order valence-electron chi connectivity index (χ1n) is 12.3. The lowest BCUT2D eigenvalue weighted by atomic mass is 9.85. The van der Waals surface area contributed by atoms with Gasteiger partial charge in [-0.2, -0.15) is 0 Å². The number of aromatic hydroxyl groups is 1. The molecule has 2 aliphatic heterocycles. The summed E-state index contributed by atoms with van der Waals surface area (Å²) in [6.45, 7) is 1.78. The molecule has 6 heteroatoms. The van der Waals surface area contributed by atoms with Crippen molar-refractivity contribution in [1.29, 1.82) is 0 Å². The van der Waals surface area contributed by atoms with Crippen LogP contribution in [0, 0.1) is 5.82 Å². The van der Waals surface area contributed by atoms with Crippen molar-refractivity contribution in [1.82, 2.24) is 5.32 Å². The number of fused-ring (bicyclic) bond motifs is 5. The zero-order valence-electron chi connectivity index (χ0n) is 19.9. The van der Waals surface area contributed by atoms with Gasteiger partial charge in [-0.3, -0.25) is 0 Å². The highest BCUT2D eigenvalue weighted by atomic mass is 35.5. The van der Waals surface area contributed by atoms with Crippen LogP contribution in [-0.4, -0.2) is 24.3 Å². The van der Waals surface area contributed by atoms with Crippen LogP contribution in [0.15, 0.2) is 72.8 Å². The Bertz CT molecular complexity index is 1370. The molecule has 2 unspecified atom stereocenters. The molecule has 4 nitrogen and oxygen atoms in total. The number of phenolic OH excluding ortho intramolecular Hbond substituents is 1. The number of benzene rings is 4. The summed E-state index contributed by atoms with van der Waals surface area (Å²) in [5, 5.41) is 15.4. The Hall–Kier alpha value is -3.28. The van der Waals surface area contributed by atoms with E-state index >= 15 is 0 Å². The maximum Gasteiger partial charge on any atom is 0.150 e. The predicted octanol–water partition coefficient (Wildman–Crippen LogP) is 7.17. The number of rotatable bonds is 5. The van der Waals surface area contributed by atoms with Crippen LogP contribution in [0.1, 0.15) is 42.9 Å². The second kappa shape index (κ2) is 10.4. The lowest BCUT2D eigenvalue weighted by molar-refractivity contribution is 0.243. The molecule has 0 aromatic heterocycles. The summed E-state index contributed by atoms with van der Waals surface area (Å²) >= 11 is 0. The van der Waals surface area contributed by atoms with Crippen LogP contribution in [-0.2, 0) is 0 Å². The number of piperidine rings is 1. The first-order chi connectivity index (χ1) is 17.2. The molecule has 4 aromatic carbocycles. The summed E-state index contributed by atoms with van der Waals surface area (Å²) in [4.78, 5) is 0. The fraction of sp³-hybridized carbons (Fsp3) is 0.267. The van der Waals surface area contributed by atoms with Crippen LogP contribution in [0.5, 0.6) is 17.2 Å². The molecular formula is C30H29ClFNO3. The normalized spacial score (nSPS) is 18.5. The van der Waals surface area contributed by atoms with Crippen LogP contribution < -0.4 is 14.8 Å². The minimum Gasteiger partial charge on any atom is -0.508 e. The summed E-state index contributed by atoms with van der Waals surface area (Å²) < 4.78 is 27.3. The molecule has 1 fully saturated rings. The van der Waals surface area contributed by atoms with Gasteiger partial charge in [0.2, 0.25) is 0 Å². The highest BCUT2D eigenvalue weighted by molar-refractivity contribution is 5.95. The quantitative estimate of drug-likeness (QED) is 0.302. The van der Waals surface area contributed by atoms with Gasteiger partial charge in [0.25, 0.3) is 0 Å². The topological polar surface area (TPSA) is 50.7 Å². The molecule has 36 heavy (non-hydrogen) atoms. The van der Waals surface area contributed by atoms with Gasteiger partial charge in [-0.15, -0.1) is 12.4 Å². The van der Waals surface area contributed by atoms with E-state index in [2.05, 4.69) is 5.32 Å². The third-order valence-corrected chi connectivity index (χ3v) is 7.13. The van der Waals surface area contributed by atoms with E-state index in [0.29, 0.717) is 24.0 Å². The van der Waals surface area contributed by atoms with Gasteiger partial charge in [0, 0.05) is 11.6 Å². The van der Waals surface area contributed by atoms with Crippen molar-refractivity contribution in [2.75, 3.05) is 13.2 Å². The highest BCUT2D eigenvalue weighted by Gasteiger charge is 2.31. The fourth-order valence-electron chi connectivity index (χ4n) is 5.35. The molecule has 186 valence electrons. The maximum absolute atomic E-state index is 14.9. The predicted molar refractivity (Wildman–Crippen MR) is 143 cm³/mol. The lowest BCUT2D eigenvalue weighted by Gasteiger charge is -2.30. The zero-order chi connectivity index (χ0) is 23.8. The Morgan fingerprint density at radius 1 is 1.00 bits per heavy atom. The lowest BCUT2D eigenvalue weighted by Crippen LogP contribution is -2.35. The van der Waals surface area contributed by atoms with Crippen molar-refractivity contribution < 1.29 is 19.0 Å². The van der Waals surface area contributed by atoms with E-state index in [0.717, 1.165) is 46.2 Å². The fourth-order valence-corrected chi connectivity index (χ4v) is 5.35. The van der Waals surface area contributed by atoms with E-state index in [-0.39, 0.29) is 24.0 Å². The summed E-state index contributed by atoms with van der Waals surface area (Å²) in [5.41, 5.74) is 3.15. The SMILES string of the molecule is Cl.Oc1ccc2c3c(ccc2c1)-c1c(F)cccc1OC3c1ccc(OCCC2CCCCN2)cc1. The number of ether oxygens (including phenoxy) is 2. The summed E-state index contributed by atoms with van der Waals surface area (Å²) in [6.07, 6.45) is 4.36. The number of phenols is 1. The van der Waals surface area contributed by atoms with Gasteiger partial charge in [-0.25, -0.2) is 4.39 Å². The van der Waals surface area contributed by atoms with E-state index in [1.54, 1.807) is 18.2 Å². The van der Waals surface area contributed by atoms with E-state index in [4.69, 9.17) is 9.47 Å². The molecule has 0 aliphatic carbocycles. The third-order valence-electron chi connectivity index (χ3n) is 7.13. The highest BCUT2D eigenvalue weighted by Crippen LogP contribution is 2.48. The maximum atomic E-state index is 14.9. The van der Waals surface area contributed by atoms with Crippen LogP contribution in [0.4, 0.5) is 4.39 Å². The van der Waals surface area contributed by atoms with Gasteiger partial charge >= 0.3 is 0 Å². The van der Waals surface area contributed by atoms with Gasteiger partial charge in [-0.05, 0) is 84.1 Å². The Kier molecular flexibility index (Phi) is 7.04. The van der Waals surface area contributed by atoms with Crippen molar-refractivity contribution in [2.45, 2.75) is 37.8 Å². The summed E-state index contributed by atoms with van der Waals surface area (Å²) in [7, 11) is 0. The Morgan fingerprint density at radius 2 is 1.86 bits per heavy atom. The number of halogens is 2. The van der Waals surface area contributed by atoms with E-state index in [1.165, 1.54) is 25.3 Å². The minimum absolute atomic E-state index is 0. The van der Waals surface area contributed by atoms with Crippen LogP contribution >= 0.6 is 12.4 Å². The van der Waals surface area contributed by atoms with E-state index in [9.17, 15) is 9.50 Å². The number of hydrogen-bond donors (Lipinski definition) is 2. The third kappa shape index (κ3) is 4.61. The van der Waals surface area contributed by atoms with Gasteiger partial charge in [0.15, 0.2) is 6.10 Å². The monoisotopic (exact) mass is 505 g/mol. The first kappa shape index (κ1) is 24.4. The van der Waals surface area contributed by atoms with E-state index in [1.807, 2.05) is 48.5 Å². The van der Waals surface area contributed by atoms with Gasteiger partial charge in [0.05, 0.1) is 12.2 Å². The molecule has 0 saturated carbocycles. The minimum atomic E-state index is -0.409. The zero-order valence-corrected chi connectivity index (χ0v) is 20.7. The number of hydrogen-bond acceptors (Lipinski definition) is 4. The molecule has 0 radical (unpaired) electrons. The molecule has 0 amide bonds. The van der Waals surface area contributed by atoms with Crippen molar-refractivity contribution >= 4 is 23.2 Å². The molecule has 2 N–H and O–H groups in total. The molecule has 2 aliphatic rings. The summed E-state index contributed by atoms with van der Waals surface area (Å²) in [5.74, 6) is 1.24. The molecule has 2 heterocycles. The van der Waals surface area contributed by atoms with Crippen molar-refractivity contribution in [2.24, 2.45) is 0 Å². The molecule has 6 rings (SSSR count). The molecule has 0 spiro atoms.